The molecular formula is C12H16F3N3O. The van der Waals surface area contributed by atoms with E-state index in [0.717, 1.165) is 25.3 Å². The van der Waals surface area contributed by atoms with Crippen LogP contribution in [-0.2, 0) is 13.2 Å². The van der Waals surface area contributed by atoms with Gasteiger partial charge in [0, 0.05) is 25.7 Å². The number of carbonyl (C=O) groups excluding carboxylic acids is 1. The van der Waals surface area contributed by atoms with Crippen LogP contribution in [0.1, 0.15) is 42.4 Å². The average molecular weight is 275 g/mol. The summed E-state index contributed by atoms with van der Waals surface area (Å²) in [7, 11) is 1.19. The Balaban J connectivity index is 2.25. The molecule has 0 N–H and O–H groups in total. The summed E-state index contributed by atoms with van der Waals surface area (Å²) in [6, 6.07) is 0.876. The molecule has 1 saturated heterocycles. The predicted molar refractivity (Wildman–Crippen MR) is 62.6 cm³/mol. The highest BCUT2D eigenvalue weighted by Crippen LogP contribution is 2.30. The van der Waals surface area contributed by atoms with Gasteiger partial charge in [-0.1, -0.05) is 0 Å². The minimum absolute atomic E-state index is 0.0533. The zero-order chi connectivity index (χ0) is 14.2. The number of carbonyl (C=O) groups is 1. The maximum atomic E-state index is 12.7. The quantitative estimate of drug-likeness (QED) is 0.789. The first kappa shape index (κ1) is 13.9. The van der Waals surface area contributed by atoms with Crippen molar-refractivity contribution >= 4 is 5.91 Å². The number of amides is 1. The number of piperidine rings is 1. The molecule has 0 aliphatic carbocycles. The van der Waals surface area contributed by atoms with Gasteiger partial charge in [-0.3, -0.25) is 9.48 Å². The number of alkyl halides is 3. The van der Waals surface area contributed by atoms with Gasteiger partial charge in [-0.25, -0.2) is 0 Å². The number of likely N-dealkylation sites (tertiary alicyclic amines) is 1. The fourth-order valence-corrected chi connectivity index (χ4v) is 2.38. The molecule has 1 amide bonds. The van der Waals surface area contributed by atoms with E-state index in [4.69, 9.17) is 0 Å². The summed E-state index contributed by atoms with van der Waals surface area (Å²) in [5.74, 6) is -0.418. The van der Waals surface area contributed by atoms with Crippen LogP contribution in [-0.4, -0.2) is 33.2 Å². The molecule has 0 aromatic carbocycles. The highest BCUT2D eigenvalue weighted by atomic mass is 19.4. The Labute approximate surface area is 109 Å². The maximum Gasteiger partial charge on any atom is 0.433 e. The van der Waals surface area contributed by atoms with Crippen molar-refractivity contribution in [3.63, 3.8) is 0 Å². The van der Waals surface area contributed by atoms with Gasteiger partial charge in [-0.15, -0.1) is 0 Å². The molecule has 0 bridgehead atoms. The molecule has 1 aromatic heterocycles. The van der Waals surface area contributed by atoms with Crippen LogP contribution >= 0.6 is 0 Å². The Kier molecular flexibility index (Phi) is 3.56. The lowest BCUT2D eigenvalue weighted by atomic mass is 10.0. The number of halogens is 3. The molecule has 106 valence electrons. The zero-order valence-corrected chi connectivity index (χ0v) is 10.9. The number of aryl methyl sites for hydroxylation is 1. The second-order valence-corrected chi connectivity index (χ2v) is 4.88. The molecule has 19 heavy (non-hydrogen) atoms. The monoisotopic (exact) mass is 275 g/mol. The fraction of sp³-hybridized carbons (Fsp3) is 0.667. The minimum atomic E-state index is -4.49. The van der Waals surface area contributed by atoms with E-state index >= 15 is 0 Å². The predicted octanol–water partition coefficient (Wildman–Crippen LogP) is 2.45. The number of rotatable bonds is 1. The second-order valence-electron chi connectivity index (χ2n) is 4.88. The average Bonchev–Trinajstić information content (AvgIpc) is 2.71. The first-order chi connectivity index (χ1) is 8.80. The molecule has 0 spiro atoms. The van der Waals surface area contributed by atoms with Crippen LogP contribution in [0.4, 0.5) is 13.2 Å². The normalized spacial score (nSPS) is 20.7. The van der Waals surface area contributed by atoms with Crippen molar-refractivity contribution in [3.8, 4) is 0 Å². The molecule has 7 heteroatoms. The van der Waals surface area contributed by atoms with E-state index in [9.17, 15) is 18.0 Å². The summed E-state index contributed by atoms with van der Waals surface area (Å²) in [4.78, 5) is 13.8. The summed E-state index contributed by atoms with van der Waals surface area (Å²) in [5, 5.41) is 3.69. The van der Waals surface area contributed by atoms with E-state index in [2.05, 4.69) is 5.10 Å². The van der Waals surface area contributed by atoms with Crippen molar-refractivity contribution in [1.82, 2.24) is 14.7 Å². The van der Waals surface area contributed by atoms with Gasteiger partial charge < -0.3 is 4.90 Å². The van der Waals surface area contributed by atoms with E-state index in [1.807, 2.05) is 6.92 Å². The third-order valence-corrected chi connectivity index (χ3v) is 3.45. The number of nitrogens with zero attached hydrogens (tertiary/aromatic N) is 3. The fourth-order valence-electron chi connectivity index (χ4n) is 2.38. The van der Waals surface area contributed by atoms with Crippen molar-refractivity contribution < 1.29 is 18.0 Å². The van der Waals surface area contributed by atoms with Crippen LogP contribution in [0.5, 0.6) is 0 Å². The van der Waals surface area contributed by atoms with Gasteiger partial charge in [-0.05, 0) is 26.2 Å². The van der Waals surface area contributed by atoms with Crippen LogP contribution < -0.4 is 0 Å². The summed E-state index contributed by atoms with van der Waals surface area (Å²) in [6.45, 7) is 2.49. The molecule has 1 aromatic rings. The van der Waals surface area contributed by atoms with Crippen molar-refractivity contribution in [2.24, 2.45) is 7.05 Å². The Morgan fingerprint density at radius 1 is 1.42 bits per heavy atom. The van der Waals surface area contributed by atoms with Crippen molar-refractivity contribution in [2.75, 3.05) is 6.54 Å². The summed E-state index contributed by atoms with van der Waals surface area (Å²) >= 11 is 0. The maximum absolute atomic E-state index is 12.7. The van der Waals surface area contributed by atoms with Gasteiger partial charge in [0.05, 0.1) is 0 Å². The molecule has 4 nitrogen and oxygen atoms in total. The highest BCUT2D eigenvalue weighted by Gasteiger charge is 2.36. The van der Waals surface area contributed by atoms with Crippen LogP contribution in [0.3, 0.4) is 0 Å². The molecule has 1 aliphatic heterocycles. The van der Waals surface area contributed by atoms with Crippen LogP contribution in [0.2, 0.25) is 0 Å². The lowest BCUT2D eigenvalue weighted by Gasteiger charge is -2.32. The van der Waals surface area contributed by atoms with E-state index in [1.165, 1.54) is 7.05 Å². The van der Waals surface area contributed by atoms with Gasteiger partial charge in [0.2, 0.25) is 0 Å². The first-order valence-electron chi connectivity index (χ1n) is 6.23. The Hall–Kier alpha value is -1.53. The topological polar surface area (TPSA) is 38.1 Å². The summed E-state index contributed by atoms with van der Waals surface area (Å²) in [6.07, 6.45) is -1.69. The van der Waals surface area contributed by atoms with Crippen molar-refractivity contribution in [3.05, 3.63) is 17.5 Å². The van der Waals surface area contributed by atoms with E-state index in [1.54, 1.807) is 4.90 Å². The van der Waals surface area contributed by atoms with Gasteiger partial charge in [0.15, 0.2) is 5.69 Å². The third-order valence-electron chi connectivity index (χ3n) is 3.45. The largest absolute Gasteiger partial charge is 0.433 e. The van der Waals surface area contributed by atoms with E-state index in [0.29, 0.717) is 11.2 Å². The molecule has 0 radical (unpaired) electrons. The van der Waals surface area contributed by atoms with Gasteiger partial charge in [0.25, 0.3) is 5.91 Å². The molecule has 0 saturated carbocycles. The zero-order valence-electron chi connectivity index (χ0n) is 10.9. The van der Waals surface area contributed by atoms with Crippen molar-refractivity contribution in [2.45, 2.75) is 38.4 Å². The summed E-state index contributed by atoms with van der Waals surface area (Å²) < 4.78 is 38.7. The molecule has 2 rings (SSSR count). The van der Waals surface area contributed by atoms with Crippen LogP contribution in [0.15, 0.2) is 6.07 Å². The Bertz CT molecular complexity index is 481. The molecule has 1 fully saturated rings. The van der Waals surface area contributed by atoms with Gasteiger partial charge in [0.1, 0.15) is 5.69 Å². The van der Waals surface area contributed by atoms with Gasteiger partial charge in [-0.2, -0.15) is 18.3 Å². The lowest BCUT2D eigenvalue weighted by molar-refractivity contribution is -0.143. The third kappa shape index (κ3) is 2.74. The van der Waals surface area contributed by atoms with E-state index < -0.39 is 17.8 Å². The molecule has 1 aliphatic rings. The standard InChI is InChI=1S/C12H16F3N3O/c1-8-5-3-4-6-18(8)11(19)9-7-10(12(13,14)15)17(2)16-9/h7-8H,3-6H2,1-2H3/t8-/m0/s1. The number of hydrogen-bond donors (Lipinski definition) is 0. The van der Waals surface area contributed by atoms with Crippen LogP contribution in [0, 0.1) is 0 Å². The SMILES string of the molecule is C[C@H]1CCCCN1C(=O)c1cc(C(F)(F)F)n(C)n1. The molecular weight excluding hydrogens is 259 g/mol. The first-order valence-corrected chi connectivity index (χ1v) is 6.23. The molecule has 1 atom stereocenters. The molecule has 0 unspecified atom stereocenters. The smallest absolute Gasteiger partial charge is 0.335 e. The van der Waals surface area contributed by atoms with E-state index in [-0.39, 0.29) is 11.7 Å². The number of aromatic nitrogens is 2. The highest BCUT2D eigenvalue weighted by molar-refractivity contribution is 5.92. The lowest BCUT2D eigenvalue weighted by Crippen LogP contribution is -2.42. The Morgan fingerprint density at radius 3 is 2.63 bits per heavy atom. The van der Waals surface area contributed by atoms with Crippen LogP contribution in [0.25, 0.3) is 0 Å². The number of hydrogen-bond acceptors (Lipinski definition) is 2. The van der Waals surface area contributed by atoms with Gasteiger partial charge >= 0.3 is 6.18 Å². The van der Waals surface area contributed by atoms with Crippen molar-refractivity contribution in [1.29, 1.82) is 0 Å². The molecule has 2 heterocycles. The second kappa shape index (κ2) is 4.86. The summed E-state index contributed by atoms with van der Waals surface area (Å²) in [5.41, 5.74) is -1.04. The minimum Gasteiger partial charge on any atom is -0.335 e. The Morgan fingerprint density at radius 2 is 2.11 bits per heavy atom.